The minimum Gasteiger partial charge on any atom is -0.351 e. The van der Waals surface area contributed by atoms with Crippen molar-refractivity contribution in [3.8, 4) is 6.07 Å². The van der Waals surface area contributed by atoms with Crippen molar-refractivity contribution in [2.45, 2.75) is 49.9 Å². The van der Waals surface area contributed by atoms with Crippen LogP contribution < -0.4 is 15.4 Å². The molecule has 38 heavy (non-hydrogen) atoms. The van der Waals surface area contributed by atoms with Crippen molar-refractivity contribution in [2.75, 3.05) is 6.54 Å². The van der Waals surface area contributed by atoms with Gasteiger partial charge in [0.05, 0.1) is 11.6 Å². The molecule has 0 radical (unpaired) electrons. The highest BCUT2D eigenvalue weighted by molar-refractivity contribution is 7.87. The molecule has 1 heterocycles. The van der Waals surface area contributed by atoms with Crippen LogP contribution in [0.3, 0.4) is 0 Å². The van der Waals surface area contributed by atoms with E-state index >= 15 is 0 Å². The fourth-order valence-electron chi connectivity index (χ4n) is 4.15. The molecule has 3 N–H and O–H groups in total. The summed E-state index contributed by atoms with van der Waals surface area (Å²) in [5.74, 6) is -5.70. The molecule has 1 saturated carbocycles. The minimum absolute atomic E-state index is 0.0828. The molecule has 14 heteroatoms. The number of rotatable bonds is 9. The third-order valence-corrected chi connectivity index (χ3v) is 8.23. The Kier molecular flexibility index (Phi) is 7.72. The van der Waals surface area contributed by atoms with E-state index in [9.17, 15) is 36.4 Å². The van der Waals surface area contributed by atoms with Crippen LogP contribution in [-0.4, -0.2) is 49.1 Å². The van der Waals surface area contributed by atoms with Crippen molar-refractivity contribution in [1.82, 2.24) is 19.7 Å². The normalized spacial score (nSPS) is 21.9. The highest BCUT2D eigenvalue weighted by Gasteiger charge is 2.47. The summed E-state index contributed by atoms with van der Waals surface area (Å²) in [5, 5.41) is 14.2. The quantitative estimate of drug-likeness (QED) is 0.400. The largest absolute Gasteiger partial charge is 0.351 e. The zero-order chi connectivity index (χ0) is 27.8. The summed E-state index contributed by atoms with van der Waals surface area (Å²) in [4.78, 5) is 26.7. The molecule has 0 aromatic heterocycles. The summed E-state index contributed by atoms with van der Waals surface area (Å²) in [7, 11) is -4.21. The Balaban J connectivity index is 1.66. The first-order valence-electron chi connectivity index (χ1n) is 11.5. The molecule has 202 valence electrons. The maximum Gasteiger partial charge on any atom is 0.280 e. The molecule has 4 atom stereocenters. The fourth-order valence-corrected chi connectivity index (χ4v) is 5.96. The van der Waals surface area contributed by atoms with E-state index in [1.807, 2.05) is 0 Å². The predicted octanol–water partition coefficient (Wildman–Crippen LogP) is 2.70. The Labute approximate surface area is 222 Å². The summed E-state index contributed by atoms with van der Waals surface area (Å²) in [6, 6.07) is 6.29. The van der Waals surface area contributed by atoms with Crippen molar-refractivity contribution < 1.29 is 31.2 Å². The second-order valence-corrected chi connectivity index (χ2v) is 11.4. The molecule has 2 aromatic carbocycles. The highest BCUT2D eigenvalue weighted by Crippen LogP contribution is 2.38. The Morgan fingerprint density at radius 2 is 1.82 bits per heavy atom. The molecule has 0 bridgehead atoms. The van der Waals surface area contributed by atoms with Crippen LogP contribution in [0.5, 0.6) is 0 Å². The number of hydrogen-bond donors (Lipinski definition) is 3. The molecule has 0 spiro atoms. The number of nitrogens with one attached hydrogen (secondary N) is 3. The smallest absolute Gasteiger partial charge is 0.280 e. The fraction of sp³-hybridized carbons (Fsp3) is 0.375. The zero-order valence-electron chi connectivity index (χ0n) is 19.9. The van der Waals surface area contributed by atoms with Crippen LogP contribution >= 0.6 is 11.6 Å². The monoisotopic (exact) mass is 569 g/mol. The van der Waals surface area contributed by atoms with Gasteiger partial charge in [0, 0.05) is 42.1 Å². The molecule has 2 amide bonds. The first-order chi connectivity index (χ1) is 17.8. The Morgan fingerprint density at radius 1 is 1.16 bits per heavy atom. The van der Waals surface area contributed by atoms with Gasteiger partial charge >= 0.3 is 0 Å². The average Bonchev–Trinajstić information content (AvgIpc) is 3.57. The van der Waals surface area contributed by atoms with Crippen LogP contribution in [0.2, 0.25) is 5.02 Å². The molecule has 9 nitrogen and oxygen atoms in total. The lowest BCUT2D eigenvalue weighted by molar-refractivity contribution is -0.135. The molecule has 4 unspecified atom stereocenters. The maximum atomic E-state index is 14.3. The third kappa shape index (κ3) is 6.27. The lowest BCUT2D eigenvalue weighted by Crippen LogP contribution is -2.54. The first-order valence-corrected chi connectivity index (χ1v) is 13.3. The van der Waals surface area contributed by atoms with Gasteiger partial charge in [0.25, 0.3) is 16.1 Å². The van der Waals surface area contributed by atoms with Crippen LogP contribution in [0, 0.1) is 17.1 Å². The van der Waals surface area contributed by atoms with Gasteiger partial charge in [-0.25, -0.2) is 13.2 Å². The van der Waals surface area contributed by atoms with Gasteiger partial charge in [-0.15, -0.1) is 0 Å². The molecular weight excluding hydrogens is 547 g/mol. The van der Waals surface area contributed by atoms with Crippen LogP contribution in [0.25, 0.3) is 0 Å². The van der Waals surface area contributed by atoms with E-state index in [-0.39, 0.29) is 34.3 Å². The van der Waals surface area contributed by atoms with Gasteiger partial charge < -0.3 is 10.6 Å². The van der Waals surface area contributed by atoms with Crippen molar-refractivity contribution in [3.05, 3.63) is 70.0 Å². The molecule has 4 rings (SSSR count). The van der Waals surface area contributed by atoms with Gasteiger partial charge in [-0.05, 0) is 36.8 Å². The van der Waals surface area contributed by atoms with Crippen molar-refractivity contribution >= 4 is 33.6 Å². The maximum absolute atomic E-state index is 14.3. The first kappa shape index (κ1) is 27.8. The summed E-state index contributed by atoms with van der Waals surface area (Å²) in [6.07, 6.45) is -1.14. The topological polar surface area (TPSA) is 131 Å². The van der Waals surface area contributed by atoms with Crippen LogP contribution in [0.1, 0.15) is 48.5 Å². The number of benzene rings is 2. The van der Waals surface area contributed by atoms with Crippen molar-refractivity contribution in [1.29, 1.82) is 5.26 Å². The lowest BCUT2D eigenvalue weighted by atomic mass is 9.88. The molecule has 1 aliphatic carbocycles. The van der Waals surface area contributed by atoms with Gasteiger partial charge in [0.1, 0.15) is 17.9 Å². The molecule has 1 saturated heterocycles. The van der Waals surface area contributed by atoms with E-state index in [0.717, 1.165) is 22.5 Å². The summed E-state index contributed by atoms with van der Waals surface area (Å²) in [6.45, 7) is 1.85. The Bertz CT molecular complexity index is 1410. The number of carbonyl (C=O) groups is 2. The lowest BCUT2D eigenvalue weighted by Gasteiger charge is -2.36. The number of halogens is 4. The van der Waals surface area contributed by atoms with Gasteiger partial charge in [0.15, 0.2) is 0 Å². The second kappa shape index (κ2) is 10.5. The van der Waals surface area contributed by atoms with Crippen molar-refractivity contribution in [2.24, 2.45) is 0 Å². The number of hydrogen-bond acceptors (Lipinski definition) is 5. The highest BCUT2D eigenvalue weighted by atomic mass is 35.5. The number of alkyl halides is 2. The number of amides is 2. The SMILES string of the molecule is CC1CN1S(=O)(=O)NC(C(=O)NC(C(=O)NC1CC(F)(F)C1)c1ccccc1Cl)c1cc(F)cc(C#N)c1. The van der Waals surface area contributed by atoms with E-state index in [4.69, 9.17) is 11.6 Å². The van der Waals surface area contributed by atoms with E-state index in [2.05, 4.69) is 15.4 Å². The van der Waals surface area contributed by atoms with Gasteiger partial charge in [0.2, 0.25) is 11.8 Å². The van der Waals surface area contributed by atoms with Crippen molar-refractivity contribution in [3.63, 3.8) is 0 Å². The van der Waals surface area contributed by atoms with Crippen LogP contribution in [0.15, 0.2) is 42.5 Å². The van der Waals surface area contributed by atoms with Gasteiger partial charge in [-0.3, -0.25) is 9.59 Å². The summed E-state index contributed by atoms with van der Waals surface area (Å²) < 4.78 is 69.8. The molecule has 2 fully saturated rings. The number of carbonyl (C=O) groups excluding carboxylic acids is 2. The standard InChI is InChI=1S/C24H23ClF3N5O4S/c1-13-12-33(13)38(36,37)32-20(15-6-14(11-29)7-16(26)8-15)22(34)31-21(18-4-2-3-5-19(18)25)23(35)30-17-9-24(27,28)10-17/h2-8,13,17,20-21,32H,9-10,12H2,1H3,(H,30,35)(H,31,34). The average molecular weight is 570 g/mol. The second-order valence-electron chi connectivity index (χ2n) is 9.29. The Hall–Kier alpha value is -3.18. The van der Waals surface area contributed by atoms with E-state index < -0.39 is 64.7 Å². The van der Waals surface area contributed by atoms with E-state index in [0.29, 0.717) is 0 Å². The zero-order valence-corrected chi connectivity index (χ0v) is 21.5. The Morgan fingerprint density at radius 3 is 2.39 bits per heavy atom. The van der Waals surface area contributed by atoms with E-state index in [1.54, 1.807) is 25.1 Å². The van der Waals surface area contributed by atoms with E-state index in [1.165, 1.54) is 12.1 Å². The van der Waals surface area contributed by atoms with Crippen LogP contribution in [-0.2, 0) is 19.8 Å². The predicted molar refractivity (Wildman–Crippen MR) is 131 cm³/mol. The van der Waals surface area contributed by atoms with Crippen LogP contribution in [0.4, 0.5) is 13.2 Å². The molecule has 2 aliphatic rings. The molecule has 2 aromatic rings. The number of nitrogens with zero attached hydrogens (tertiary/aromatic N) is 2. The number of nitriles is 1. The minimum atomic E-state index is -4.21. The molecular formula is C24H23ClF3N5O4S. The third-order valence-electron chi connectivity index (χ3n) is 6.22. The summed E-state index contributed by atoms with van der Waals surface area (Å²) in [5.41, 5.74) is -0.221. The van der Waals surface area contributed by atoms with Gasteiger partial charge in [-0.2, -0.15) is 22.7 Å². The molecule has 1 aliphatic heterocycles. The summed E-state index contributed by atoms with van der Waals surface area (Å²) >= 11 is 6.25. The van der Waals surface area contributed by atoms with Gasteiger partial charge in [-0.1, -0.05) is 29.8 Å².